The molecule has 11 heteroatoms. The minimum atomic E-state index is -4.82. The highest BCUT2D eigenvalue weighted by atomic mass is 19.4. The summed E-state index contributed by atoms with van der Waals surface area (Å²) in [6.07, 6.45) is -2.57. The van der Waals surface area contributed by atoms with Crippen molar-refractivity contribution in [2.75, 3.05) is 14.2 Å². The lowest BCUT2D eigenvalue weighted by Crippen LogP contribution is -2.16. The van der Waals surface area contributed by atoms with E-state index in [2.05, 4.69) is 14.9 Å². The van der Waals surface area contributed by atoms with Gasteiger partial charge in [0.05, 0.1) is 20.5 Å². The summed E-state index contributed by atoms with van der Waals surface area (Å²) in [6, 6.07) is 11.1. The molecule has 7 nitrogen and oxygen atoms in total. The van der Waals surface area contributed by atoms with E-state index in [1.165, 1.54) is 32.6 Å². The molecule has 172 valence electrons. The van der Waals surface area contributed by atoms with Crippen LogP contribution in [0.2, 0.25) is 0 Å². The van der Waals surface area contributed by atoms with E-state index < -0.39 is 29.8 Å². The largest absolute Gasteiger partial charge is 0.573 e. The molecule has 0 saturated heterocycles. The van der Waals surface area contributed by atoms with Crippen LogP contribution in [0.25, 0.3) is 28.9 Å². The quantitative estimate of drug-likeness (QED) is 0.204. The van der Waals surface area contributed by atoms with E-state index in [0.717, 1.165) is 18.2 Å². The third-order valence-electron chi connectivity index (χ3n) is 4.15. The average Bonchev–Trinajstić information content (AvgIpc) is 3.27. The van der Waals surface area contributed by atoms with Crippen molar-refractivity contribution in [2.24, 2.45) is 0 Å². The number of esters is 1. The molecule has 3 rings (SSSR count). The highest BCUT2D eigenvalue weighted by molar-refractivity contribution is 6.17. The van der Waals surface area contributed by atoms with Crippen molar-refractivity contribution in [1.29, 1.82) is 0 Å². The van der Waals surface area contributed by atoms with E-state index in [9.17, 15) is 22.4 Å². The predicted molar refractivity (Wildman–Crippen MR) is 109 cm³/mol. The predicted octanol–water partition coefficient (Wildman–Crippen LogP) is 5.26. The first-order chi connectivity index (χ1) is 15.7. The van der Waals surface area contributed by atoms with Crippen LogP contribution in [0.15, 0.2) is 59.3 Å². The molecule has 0 spiro atoms. The number of aromatic nitrogens is 2. The van der Waals surface area contributed by atoms with E-state index in [4.69, 9.17) is 14.0 Å². The second kappa shape index (κ2) is 9.98. The van der Waals surface area contributed by atoms with Gasteiger partial charge >= 0.3 is 12.3 Å². The number of carbonyl (C=O) groups is 1. The Kier molecular flexibility index (Phi) is 7.11. The average molecular weight is 464 g/mol. The van der Waals surface area contributed by atoms with Gasteiger partial charge in [-0.25, -0.2) is 9.18 Å². The molecule has 0 fully saturated rings. The third kappa shape index (κ3) is 5.97. The van der Waals surface area contributed by atoms with Crippen molar-refractivity contribution in [3.8, 4) is 17.1 Å². The maximum Gasteiger partial charge on any atom is 0.573 e. The Morgan fingerprint density at radius 1 is 1.06 bits per heavy atom. The van der Waals surface area contributed by atoms with Crippen molar-refractivity contribution >= 4 is 23.4 Å². The van der Waals surface area contributed by atoms with Gasteiger partial charge in [-0.3, -0.25) is 0 Å². The number of hydrogen-bond acceptors (Lipinski definition) is 7. The number of halogens is 4. The van der Waals surface area contributed by atoms with Gasteiger partial charge < -0.3 is 18.7 Å². The Balaban J connectivity index is 1.88. The molecule has 0 bridgehead atoms. The molecule has 1 aromatic heterocycles. The third-order valence-corrected chi connectivity index (χ3v) is 4.15. The van der Waals surface area contributed by atoms with Gasteiger partial charge in [-0.05, 0) is 41.5 Å². The molecule has 0 unspecified atom stereocenters. The normalized spacial score (nSPS) is 12.4. The molecule has 33 heavy (non-hydrogen) atoms. The Bertz CT molecular complexity index is 1180. The Labute approximate surface area is 184 Å². The molecule has 3 aromatic rings. The Hall–Kier alpha value is -4.15. The zero-order valence-electron chi connectivity index (χ0n) is 17.2. The monoisotopic (exact) mass is 464 g/mol. The molecule has 0 radical (unpaired) electrons. The first-order valence-electron chi connectivity index (χ1n) is 9.20. The zero-order chi connectivity index (χ0) is 24.0. The standard InChI is InChI=1S/C22H16F4N2O5/c1-30-12-17(21(29)31-2)16-6-4-3-5-14(16)11-18(23)20-27-19(28-33-20)13-7-9-15(10-8-13)32-22(24,25)26/h3-12H,1-2H3/b17-12-,18-11+. The van der Waals surface area contributed by atoms with E-state index >= 15 is 0 Å². The minimum Gasteiger partial charge on any atom is -0.503 e. The summed E-state index contributed by atoms with van der Waals surface area (Å²) in [5.41, 5.74) is 0.981. The topological polar surface area (TPSA) is 83.7 Å². The molecular weight excluding hydrogens is 448 g/mol. The molecule has 2 aromatic carbocycles. The maximum atomic E-state index is 14.9. The fraction of sp³-hybridized carbons (Fsp3) is 0.136. The smallest absolute Gasteiger partial charge is 0.503 e. The Morgan fingerprint density at radius 3 is 2.39 bits per heavy atom. The van der Waals surface area contributed by atoms with Crippen LogP contribution < -0.4 is 4.74 Å². The van der Waals surface area contributed by atoms with E-state index in [-0.39, 0.29) is 17.0 Å². The van der Waals surface area contributed by atoms with Gasteiger partial charge in [-0.2, -0.15) is 4.98 Å². The van der Waals surface area contributed by atoms with Crippen molar-refractivity contribution in [3.63, 3.8) is 0 Å². The van der Waals surface area contributed by atoms with Crippen molar-refractivity contribution in [1.82, 2.24) is 10.1 Å². The van der Waals surface area contributed by atoms with Crippen LogP contribution >= 0.6 is 0 Å². The van der Waals surface area contributed by atoms with Gasteiger partial charge in [0.15, 0.2) is 5.83 Å². The molecule has 1 heterocycles. The first kappa shape index (κ1) is 23.5. The number of ether oxygens (including phenoxy) is 3. The second-order valence-electron chi connectivity index (χ2n) is 6.33. The van der Waals surface area contributed by atoms with Crippen LogP contribution in [0.4, 0.5) is 17.6 Å². The number of benzene rings is 2. The number of nitrogens with zero attached hydrogens (tertiary/aromatic N) is 2. The SMILES string of the molecule is CO/C=C(\C(=O)OC)c1ccccc1/C=C(/F)c1nc(-c2ccc(OC(F)(F)F)cc2)no1. The second-order valence-corrected chi connectivity index (χ2v) is 6.33. The number of rotatable bonds is 7. The van der Waals surface area contributed by atoms with Gasteiger partial charge in [0.25, 0.3) is 5.89 Å². The molecule has 0 aliphatic carbocycles. The van der Waals surface area contributed by atoms with Gasteiger partial charge in [0, 0.05) is 5.56 Å². The lowest BCUT2D eigenvalue weighted by molar-refractivity contribution is -0.274. The molecule has 0 N–H and O–H groups in total. The molecular formula is C22H16F4N2O5. The zero-order valence-corrected chi connectivity index (χ0v) is 17.2. The fourth-order valence-electron chi connectivity index (χ4n) is 2.76. The summed E-state index contributed by atoms with van der Waals surface area (Å²) in [5.74, 6) is -2.53. The Morgan fingerprint density at radius 2 is 1.76 bits per heavy atom. The molecule has 0 atom stereocenters. The maximum absolute atomic E-state index is 14.9. The highest BCUT2D eigenvalue weighted by Crippen LogP contribution is 2.28. The highest BCUT2D eigenvalue weighted by Gasteiger charge is 2.31. The summed E-state index contributed by atoms with van der Waals surface area (Å²) in [5, 5.41) is 3.65. The van der Waals surface area contributed by atoms with Crippen LogP contribution in [0.3, 0.4) is 0 Å². The molecule has 0 aliphatic heterocycles. The number of methoxy groups -OCH3 is 2. The van der Waals surface area contributed by atoms with Gasteiger partial charge in [0.1, 0.15) is 11.3 Å². The first-order valence-corrected chi connectivity index (χ1v) is 9.20. The minimum absolute atomic E-state index is 0.0464. The van der Waals surface area contributed by atoms with Crippen molar-refractivity contribution in [3.05, 3.63) is 71.8 Å². The van der Waals surface area contributed by atoms with Crippen LogP contribution in [0, 0.1) is 0 Å². The summed E-state index contributed by atoms with van der Waals surface area (Å²) in [6.45, 7) is 0. The van der Waals surface area contributed by atoms with E-state index in [0.29, 0.717) is 11.1 Å². The molecule has 0 amide bonds. The van der Waals surface area contributed by atoms with Crippen molar-refractivity contribution < 1.29 is 41.1 Å². The van der Waals surface area contributed by atoms with E-state index in [1.54, 1.807) is 24.3 Å². The van der Waals surface area contributed by atoms with Gasteiger partial charge in [-0.15, -0.1) is 13.2 Å². The van der Waals surface area contributed by atoms with Crippen molar-refractivity contribution in [2.45, 2.75) is 6.36 Å². The van der Waals surface area contributed by atoms with Crippen LogP contribution in [0.5, 0.6) is 5.75 Å². The van der Waals surface area contributed by atoms with Crippen LogP contribution in [0.1, 0.15) is 17.0 Å². The summed E-state index contributed by atoms with van der Waals surface area (Å²) < 4.78 is 70.1. The molecule has 0 saturated carbocycles. The number of hydrogen-bond donors (Lipinski definition) is 0. The van der Waals surface area contributed by atoms with Gasteiger partial charge in [-0.1, -0.05) is 29.4 Å². The lowest BCUT2D eigenvalue weighted by atomic mass is 10.00. The summed E-state index contributed by atoms with van der Waals surface area (Å²) in [4.78, 5) is 16.0. The summed E-state index contributed by atoms with van der Waals surface area (Å²) in [7, 11) is 2.55. The van der Waals surface area contributed by atoms with E-state index in [1.807, 2.05) is 0 Å². The number of alkyl halides is 3. The van der Waals surface area contributed by atoms with Crippen LogP contribution in [-0.4, -0.2) is 36.7 Å². The fourth-order valence-corrected chi connectivity index (χ4v) is 2.76. The summed E-state index contributed by atoms with van der Waals surface area (Å²) >= 11 is 0. The van der Waals surface area contributed by atoms with Crippen LogP contribution in [-0.2, 0) is 14.3 Å². The number of carbonyl (C=O) groups excluding carboxylic acids is 1. The lowest BCUT2D eigenvalue weighted by Gasteiger charge is -2.09. The van der Waals surface area contributed by atoms with Gasteiger partial charge in [0.2, 0.25) is 5.82 Å². The molecule has 0 aliphatic rings.